The molecule has 0 aliphatic rings. The molecule has 82 valence electrons. The zero-order chi connectivity index (χ0) is 11.5. The van der Waals surface area contributed by atoms with Crippen molar-refractivity contribution in [3.8, 4) is 0 Å². The minimum Gasteiger partial charge on any atom is -0.411 e. The summed E-state index contributed by atoms with van der Waals surface area (Å²) in [6, 6.07) is 7.39. The van der Waals surface area contributed by atoms with Gasteiger partial charge in [0.05, 0.1) is 11.3 Å². The van der Waals surface area contributed by atoms with E-state index in [1.807, 2.05) is 38.1 Å². The average Bonchev–Trinajstić information content (AvgIpc) is 2.20. The van der Waals surface area contributed by atoms with E-state index in [1.165, 1.54) is 0 Å². The highest BCUT2D eigenvalue weighted by Gasteiger charge is 2.21. The lowest BCUT2D eigenvalue weighted by atomic mass is 9.99. The molecule has 0 fully saturated rings. The smallest absolute Gasteiger partial charge is 0.0787 e. The van der Waals surface area contributed by atoms with Crippen LogP contribution >= 0.6 is 11.6 Å². The molecule has 1 aromatic rings. The summed E-state index contributed by atoms with van der Waals surface area (Å²) in [4.78, 5) is 0. The fraction of sp³-hybridized carbons (Fsp3) is 0.364. The number of rotatable bonds is 3. The largest absolute Gasteiger partial charge is 0.411 e. The predicted octanol–water partition coefficient (Wildman–Crippen LogP) is 3.38. The molecule has 2 N–H and O–H groups in total. The van der Waals surface area contributed by atoms with Crippen LogP contribution in [0.1, 0.15) is 20.8 Å². The molecule has 0 aromatic heterocycles. The van der Waals surface area contributed by atoms with Gasteiger partial charge in [-0.05, 0) is 45.0 Å². The number of halogens is 1. The number of nitrogens with zero attached hydrogens (tertiary/aromatic N) is 1. The lowest BCUT2D eigenvalue weighted by Gasteiger charge is -2.26. The molecule has 0 radical (unpaired) electrons. The van der Waals surface area contributed by atoms with Gasteiger partial charge in [-0.2, -0.15) is 0 Å². The van der Waals surface area contributed by atoms with E-state index in [1.54, 1.807) is 6.92 Å². The monoisotopic (exact) mass is 226 g/mol. The Morgan fingerprint density at radius 1 is 1.33 bits per heavy atom. The molecule has 1 rings (SSSR count). The number of hydrogen-bond donors (Lipinski definition) is 2. The minimum atomic E-state index is -0.386. The first-order chi connectivity index (χ1) is 6.95. The predicted molar refractivity (Wildman–Crippen MR) is 64.0 cm³/mol. The summed E-state index contributed by atoms with van der Waals surface area (Å²) in [5.74, 6) is 0. The molecule has 0 aliphatic heterocycles. The summed E-state index contributed by atoms with van der Waals surface area (Å²) in [5.41, 5.74) is 1.17. The Kier molecular flexibility index (Phi) is 3.58. The van der Waals surface area contributed by atoms with Gasteiger partial charge in [0.2, 0.25) is 0 Å². The molecular weight excluding hydrogens is 212 g/mol. The number of nitrogens with one attached hydrogen (secondary N) is 1. The molecule has 15 heavy (non-hydrogen) atoms. The molecule has 0 unspecified atom stereocenters. The van der Waals surface area contributed by atoms with Gasteiger partial charge in [0.15, 0.2) is 0 Å². The molecule has 3 nitrogen and oxygen atoms in total. The summed E-state index contributed by atoms with van der Waals surface area (Å²) in [5, 5.41) is 15.9. The van der Waals surface area contributed by atoms with Crippen LogP contribution in [-0.4, -0.2) is 16.5 Å². The van der Waals surface area contributed by atoms with Gasteiger partial charge in [0.1, 0.15) is 0 Å². The lowest BCUT2D eigenvalue weighted by Crippen LogP contribution is -2.38. The topological polar surface area (TPSA) is 44.6 Å². The summed E-state index contributed by atoms with van der Waals surface area (Å²) >= 11 is 5.78. The quantitative estimate of drug-likeness (QED) is 0.472. The van der Waals surface area contributed by atoms with Gasteiger partial charge in [-0.15, -0.1) is 0 Å². The Hall–Kier alpha value is -1.22. The lowest BCUT2D eigenvalue weighted by molar-refractivity contribution is 0.314. The van der Waals surface area contributed by atoms with Crippen LogP contribution in [0.4, 0.5) is 5.69 Å². The summed E-state index contributed by atoms with van der Waals surface area (Å²) in [6.07, 6.45) is 0. The third kappa shape index (κ3) is 3.13. The van der Waals surface area contributed by atoms with Gasteiger partial charge in [-0.1, -0.05) is 16.8 Å². The van der Waals surface area contributed by atoms with Crippen molar-refractivity contribution < 1.29 is 5.21 Å². The minimum absolute atomic E-state index is 0.386. The third-order valence-electron chi connectivity index (χ3n) is 2.36. The van der Waals surface area contributed by atoms with Gasteiger partial charge >= 0.3 is 0 Å². The Morgan fingerprint density at radius 3 is 2.33 bits per heavy atom. The zero-order valence-corrected chi connectivity index (χ0v) is 9.84. The van der Waals surface area contributed by atoms with Crippen molar-refractivity contribution in [3.63, 3.8) is 0 Å². The Balaban J connectivity index is 2.82. The summed E-state index contributed by atoms with van der Waals surface area (Å²) < 4.78 is 0. The fourth-order valence-corrected chi connectivity index (χ4v) is 1.24. The van der Waals surface area contributed by atoms with E-state index < -0.39 is 0 Å². The van der Waals surface area contributed by atoms with Crippen LogP contribution in [-0.2, 0) is 0 Å². The second kappa shape index (κ2) is 4.53. The first-order valence-electron chi connectivity index (χ1n) is 4.68. The normalized spacial score (nSPS) is 12.7. The summed E-state index contributed by atoms with van der Waals surface area (Å²) in [6.45, 7) is 5.65. The van der Waals surface area contributed by atoms with Crippen LogP contribution in [0.2, 0.25) is 5.02 Å². The van der Waals surface area contributed by atoms with E-state index in [4.69, 9.17) is 16.8 Å². The van der Waals surface area contributed by atoms with Crippen LogP contribution in [0, 0.1) is 0 Å². The first kappa shape index (κ1) is 11.9. The van der Waals surface area contributed by atoms with Gasteiger partial charge in [-0.3, -0.25) is 0 Å². The van der Waals surface area contributed by atoms with Crippen molar-refractivity contribution in [1.29, 1.82) is 0 Å². The highest BCUT2D eigenvalue weighted by Crippen LogP contribution is 2.18. The molecule has 0 spiro atoms. The standard InChI is InChI=1S/C11H15ClN2O/c1-8(14-15)11(2,3)13-10-6-4-9(12)5-7-10/h4-7,13,15H,1-3H3/b14-8-. The molecule has 4 heteroatoms. The molecule has 0 amide bonds. The van der Waals surface area contributed by atoms with E-state index in [9.17, 15) is 0 Å². The third-order valence-corrected chi connectivity index (χ3v) is 2.61. The van der Waals surface area contributed by atoms with Crippen LogP contribution < -0.4 is 5.32 Å². The highest BCUT2D eigenvalue weighted by atomic mass is 35.5. The van der Waals surface area contributed by atoms with Crippen molar-refractivity contribution in [2.24, 2.45) is 5.16 Å². The SMILES string of the molecule is C/C(=N/O)C(C)(C)Nc1ccc(Cl)cc1. The average molecular weight is 227 g/mol. The maximum absolute atomic E-state index is 8.72. The van der Waals surface area contributed by atoms with E-state index in [-0.39, 0.29) is 5.54 Å². The van der Waals surface area contributed by atoms with E-state index >= 15 is 0 Å². The Bertz CT molecular complexity index is 357. The number of hydrogen-bond acceptors (Lipinski definition) is 3. The van der Waals surface area contributed by atoms with Gasteiger partial charge in [0, 0.05) is 10.7 Å². The fourth-order valence-electron chi connectivity index (χ4n) is 1.11. The van der Waals surface area contributed by atoms with Crippen LogP contribution in [0.5, 0.6) is 0 Å². The Morgan fingerprint density at radius 2 is 1.87 bits per heavy atom. The number of oxime groups is 1. The molecule has 0 bridgehead atoms. The number of anilines is 1. The van der Waals surface area contributed by atoms with Crippen molar-refractivity contribution in [1.82, 2.24) is 0 Å². The van der Waals surface area contributed by atoms with Crippen LogP contribution in [0.3, 0.4) is 0 Å². The maximum atomic E-state index is 8.72. The molecule has 0 saturated heterocycles. The van der Waals surface area contributed by atoms with E-state index in [0.29, 0.717) is 10.7 Å². The van der Waals surface area contributed by atoms with Crippen LogP contribution in [0.15, 0.2) is 29.4 Å². The van der Waals surface area contributed by atoms with E-state index in [2.05, 4.69) is 10.5 Å². The maximum Gasteiger partial charge on any atom is 0.0787 e. The molecule has 1 aromatic carbocycles. The van der Waals surface area contributed by atoms with Crippen molar-refractivity contribution >= 4 is 23.0 Å². The molecule has 0 heterocycles. The second-order valence-corrected chi connectivity index (χ2v) is 4.38. The Labute approximate surface area is 94.8 Å². The zero-order valence-electron chi connectivity index (χ0n) is 9.08. The van der Waals surface area contributed by atoms with Gasteiger partial charge in [0.25, 0.3) is 0 Å². The summed E-state index contributed by atoms with van der Waals surface area (Å²) in [7, 11) is 0. The van der Waals surface area contributed by atoms with Gasteiger partial charge < -0.3 is 10.5 Å². The first-order valence-corrected chi connectivity index (χ1v) is 5.06. The molecule has 0 atom stereocenters. The molecule has 0 saturated carbocycles. The molecular formula is C11H15ClN2O. The van der Waals surface area contributed by atoms with Crippen molar-refractivity contribution in [2.75, 3.05) is 5.32 Å². The van der Waals surface area contributed by atoms with Crippen molar-refractivity contribution in [3.05, 3.63) is 29.3 Å². The number of benzene rings is 1. The van der Waals surface area contributed by atoms with Crippen molar-refractivity contribution in [2.45, 2.75) is 26.3 Å². The highest BCUT2D eigenvalue weighted by molar-refractivity contribution is 6.30. The van der Waals surface area contributed by atoms with Gasteiger partial charge in [-0.25, -0.2) is 0 Å². The molecule has 0 aliphatic carbocycles. The van der Waals surface area contributed by atoms with Crippen LogP contribution in [0.25, 0.3) is 0 Å². The van der Waals surface area contributed by atoms with E-state index in [0.717, 1.165) is 5.69 Å². The second-order valence-electron chi connectivity index (χ2n) is 3.94.